The van der Waals surface area contributed by atoms with Gasteiger partial charge in [-0.3, -0.25) is 4.79 Å². The average molecular weight is 337 g/mol. The van der Waals surface area contributed by atoms with Gasteiger partial charge in [0.2, 0.25) is 0 Å². The summed E-state index contributed by atoms with van der Waals surface area (Å²) >= 11 is 0. The highest BCUT2D eigenvalue weighted by Gasteiger charge is 2.24. The summed E-state index contributed by atoms with van der Waals surface area (Å²) in [7, 11) is 3.72. The number of carbonyl (C=O) groups is 1. The Morgan fingerprint density at radius 1 is 1.28 bits per heavy atom. The highest BCUT2D eigenvalue weighted by Crippen LogP contribution is 2.32. The van der Waals surface area contributed by atoms with E-state index in [-0.39, 0.29) is 11.8 Å². The van der Waals surface area contributed by atoms with Crippen LogP contribution in [0, 0.1) is 0 Å². The smallest absolute Gasteiger partial charge is 0.297 e. The lowest BCUT2D eigenvalue weighted by molar-refractivity contribution is 0.0950. The first kappa shape index (κ1) is 15.5. The Morgan fingerprint density at radius 2 is 2.12 bits per heavy atom. The van der Waals surface area contributed by atoms with Crippen LogP contribution >= 0.6 is 0 Å². The van der Waals surface area contributed by atoms with Crippen molar-refractivity contribution in [2.45, 2.75) is 5.92 Å². The zero-order valence-electron chi connectivity index (χ0n) is 14.2. The van der Waals surface area contributed by atoms with Crippen LogP contribution in [0.2, 0.25) is 0 Å². The molecule has 2 aromatic carbocycles. The van der Waals surface area contributed by atoms with E-state index in [4.69, 9.17) is 9.15 Å². The van der Waals surface area contributed by atoms with Crippen LogP contribution in [-0.4, -0.2) is 38.1 Å². The fourth-order valence-electron chi connectivity index (χ4n) is 2.96. The normalized spacial score (nSPS) is 15.7. The van der Waals surface area contributed by atoms with Crippen molar-refractivity contribution < 1.29 is 13.9 Å². The summed E-state index contributed by atoms with van der Waals surface area (Å²) in [6.45, 7) is 1.13. The van der Waals surface area contributed by atoms with E-state index < -0.39 is 0 Å². The van der Waals surface area contributed by atoms with Gasteiger partial charge < -0.3 is 19.4 Å². The molecule has 1 unspecified atom stereocenters. The van der Waals surface area contributed by atoms with Gasteiger partial charge in [0.15, 0.2) is 5.58 Å². The quantitative estimate of drug-likeness (QED) is 0.793. The minimum atomic E-state index is -0.124. The SMILES string of the molecule is CN(C)c1nc2cc(C(=O)NCC3COc4ccccc43)ccc2o1. The molecule has 6 nitrogen and oxygen atoms in total. The van der Waals surface area contributed by atoms with E-state index in [9.17, 15) is 4.79 Å². The molecule has 2 heterocycles. The molecule has 3 aromatic rings. The highest BCUT2D eigenvalue weighted by atomic mass is 16.5. The van der Waals surface area contributed by atoms with Crippen molar-refractivity contribution in [3.8, 4) is 5.75 Å². The second-order valence-electron chi connectivity index (χ2n) is 6.33. The van der Waals surface area contributed by atoms with Gasteiger partial charge in [-0.15, -0.1) is 0 Å². The fourth-order valence-corrected chi connectivity index (χ4v) is 2.96. The van der Waals surface area contributed by atoms with Crippen LogP contribution in [0.1, 0.15) is 21.8 Å². The number of hydrogen-bond acceptors (Lipinski definition) is 5. The molecular weight excluding hydrogens is 318 g/mol. The molecule has 0 aliphatic carbocycles. The molecule has 6 heteroatoms. The molecule has 4 rings (SSSR count). The molecule has 1 amide bonds. The van der Waals surface area contributed by atoms with Gasteiger partial charge in [0.05, 0.1) is 6.61 Å². The molecule has 1 aliphatic rings. The number of nitrogens with zero attached hydrogens (tertiary/aromatic N) is 2. The number of ether oxygens (including phenoxy) is 1. The predicted octanol–water partition coefficient (Wildman–Crippen LogP) is 2.80. The van der Waals surface area contributed by atoms with Gasteiger partial charge in [0.1, 0.15) is 11.3 Å². The third-order valence-electron chi connectivity index (χ3n) is 4.33. The van der Waals surface area contributed by atoms with Gasteiger partial charge in [0, 0.05) is 37.7 Å². The number of amides is 1. The van der Waals surface area contributed by atoms with Crippen molar-refractivity contribution in [3.63, 3.8) is 0 Å². The van der Waals surface area contributed by atoms with Crippen LogP contribution in [-0.2, 0) is 0 Å². The standard InChI is InChI=1S/C19H19N3O3/c1-22(2)19-21-15-9-12(7-8-17(15)25-19)18(23)20-10-13-11-24-16-6-4-3-5-14(13)16/h3-9,13H,10-11H2,1-2H3,(H,20,23). The van der Waals surface area contributed by atoms with Gasteiger partial charge in [-0.25, -0.2) is 0 Å². The monoisotopic (exact) mass is 337 g/mol. The minimum Gasteiger partial charge on any atom is -0.493 e. The van der Waals surface area contributed by atoms with Crippen molar-refractivity contribution in [3.05, 3.63) is 53.6 Å². The molecule has 0 radical (unpaired) electrons. The molecule has 25 heavy (non-hydrogen) atoms. The van der Waals surface area contributed by atoms with Crippen LogP contribution in [0.25, 0.3) is 11.1 Å². The maximum absolute atomic E-state index is 12.5. The first-order chi connectivity index (χ1) is 12.1. The Morgan fingerprint density at radius 3 is 2.96 bits per heavy atom. The molecule has 0 fully saturated rings. The first-order valence-corrected chi connectivity index (χ1v) is 8.19. The summed E-state index contributed by atoms with van der Waals surface area (Å²) in [5.74, 6) is 0.957. The highest BCUT2D eigenvalue weighted by molar-refractivity contribution is 5.97. The number of fused-ring (bicyclic) bond motifs is 2. The lowest BCUT2D eigenvalue weighted by atomic mass is 10.0. The number of carbonyl (C=O) groups excluding carboxylic acids is 1. The van der Waals surface area contributed by atoms with Crippen molar-refractivity contribution in [1.82, 2.24) is 10.3 Å². The maximum Gasteiger partial charge on any atom is 0.297 e. The van der Waals surface area contributed by atoms with E-state index in [2.05, 4.69) is 10.3 Å². The van der Waals surface area contributed by atoms with Crippen LogP contribution in [0.4, 0.5) is 6.01 Å². The number of nitrogens with one attached hydrogen (secondary N) is 1. The predicted molar refractivity (Wildman–Crippen MR) is 95.3 cm³/mol. The molecule has 0 saturated heterocycles. The Labute approximate surface area is 145 Å². The fraction of sp³-hybridized carbons (Fsp3) is 0.263. The number of benzene rings is 2. The Kier molecular flexibility index (Phi) is 3.80. The van der Waals surface area contributed by atoms with E-state index in [1.54, 1.807) is 23.1 Å². The van der Waals surface area contributed by atoms with Crippen LogP contribution in [0.15, 0.2) is 46.9 Å². The van der Waals surface area contributed by atoms with Gasteiger partial charge in [0.25, 0.3) is 11.9 Å². The maximum atomic E-state index is 12.5. The van der Waals surface area contributed by atoms with E-state index in [1.807, 2.05) is 38.4 Å². The number of oxazole rings is 1. The largest absolute Gasteiger partial charge is 0.493 e. The van der Waals surface area contributed by atoms with Gasteiger partial charge in [-0.2, -0.15) is 4.98 Å². The van der Waals surface area contributed by atoms with Crippen molar-refractivity contribution in [1.29, 1.82) is 0 Å². The van der Waals surface area contributed by atoms with Crippen molar-refractivity contribution >= 4 is 23.0 Å². The number of aromatic nitrogens is 1. The summed E-state index contributed by atoms with van der Waals surface area (Å²) in [4.78, 5) is 18.6. The molecule has 128 valence electrons. The van der Waals surface area contributed by atoms with E-state index >= 15 is 0 Å². The van der Waals surface area contributed by atoms with Crippen molar-refractivity contribution in [2.75, 3.05) is 32.1 Å². The summed E-state index contributed by atoms with van der Waals surface area (Å²) in [6, 6.07) is 13.7. The Hall–Kier alpha value is -3.02. The molecule has 0 saturated carbocycles. The molecule has 1 aliphatic heterocycles. The number of anilines is 1. The van der Waals surface area contributed by atoms with Gasteiger partial charge in [-0.05, 0) is 24.3 Å². The lowest BCUT2D eigenvalue weighted by Gasteiger charge is -2.10. The topological polar surface area (TPSA) is 67.6 Å². The zero-order valence-corrected chi connectivity index (χ0v) is 14.2. The van der Waals surface area contributed by atoms with Crippen molar-refractivity contribution in [2.24, 2.45) is 0 Å². The number of para-hydroxylation sites is 1. The van der Waals surface area contributed by atoms with E-state index in [1.165, 1.54) is 0 Å². The number of hydrogen-bond donors (Lipinski definition) is 1. The summed E-state index contributed by atoms with van der Waals surface area (Å²) < 4.78 is 11.3. The Bertz CT molecular complexity index is 933. The molecular formula is C19H19N3O3. The average Bonchev–Trinajstić information content (AvgIpc) is 3.23. The minimum absolute atomic E-state index is 0.124. The molecule has 0 spiro atoms. The lowest BCUT2D eigenvalue weighted by Crippen LogP contribution is -2.28. The van der Waals surface area contributed by atoms with E-state index in [0.29, 0.717) is 35.8 Å². The molecule has 1 N–H and O–H groups in total. The van der Waals surface area contributed by atoms with Gasteiger partial charge >= 0.3 is 0 Å². The second kappa shape index (κ2) is 6.12. The Balaban J connectivity index is 1.47. The van der Waals surface area contributed by atoms with Crippen LogP contribution in [0.5, 0.6) is 5.75 Å². The summed E-state index contributed by atoms with van der Waals surface area (Å²) in [5.41, 5.74) is 3.05. The molecule has 0 bridgehead atoms. The van der Waals surface area contributed by atoms with E-state index in [0.717, 1.165) is 11.3 Å². The van der Waals surface area contributed by atoms with Gasteiger partial charge in [-0.1, -0.05) is 18.2 Å². The molecule has 1 aromatic heterocycles. The third-order valence-corrected chi connectivity index (χ3v) is 4.33. The molecule has 1 atom stereocenters. The summed E-state index contributed by atoms with van der Waals surface area (Å²) in [5, 5.41) is 2.99. The number of rotatable bonds is 4. The first-order valence-electron chi connectivity index (χ1n) is 8.19. The zero-order chi connectivity index (χ0) is 17.4. The second-order valence-corrected chi connectivity index (χ2v) is 6.33. The third kappa shape index (κ3) is 2.91. The van der Waals surface area contributed by atoms with Crippen LogP contribution in [0.3, 0.4) is 0 Å². The van der Waals surface area contributed by atoms with Crippen LogP contribution < -0.4 is 15.0 Å². The summed E-state index contributed by atoms with van der Waals surface area (Å²) in [6.07, 6.45) is 0.